The van der Waals surface area contributed by atoms with Gasteiger partial charge < -0.3 is 10.1 Å². The van der Waals surface area contributed by atoms with Gasteiger partial charge in [-0.2, -0.15) is 10.2 Å². The average molecular weight is 514 g/mol. The Labute approximate surface area is 209 Å². The number of hydrogen-bond donors (Lipinski definition) is 1. The first-order chi connectivity index (χ1) is 16.8. The number of ether oxygens (including phenoxy) is 1. The SMILES string of the molecule is CCOC(NC(=O)c1ccc2c(c1)c(=O)n(Cc1ccc(Cl)c(Cl)c1)c(=O)n2C)c1ccnnc1. The van der Waals surface area contributed by atoms with Gasteiger partial charge in [-0.25, -0.2) is 4.79 Å². The highest BCUT2D eigenvalue weighted by Gasteiger charge is 2.19. The fraction of sp³-hybridized carbons (Fsp3) is 0.208. The van der Waals surface area contributed by atoms with Crippen LogP contribution in [0.2, 0.25) is 10.0 Å². The first-order valence-corrected chi connectivity index (χ1v) is 11.4. The van der Waals surface area contributed by atoms with E-state index in [1.54, 1.807) is 50.4 Å². The van der Waals surface area contributed by atoms with E-state index in [2.05, 4.69) is 15.5 Å². The smallest absolute Gasteiger partial charge is 0.331 e. The summed E-state index contributed by atoms with van der Waals surface area (Å²) in [6.07, 6.45) is 2.25. The Morgan fingerprint density at radius 1 is 1.09 bits per heavy atom. The molecule has 0 fully saturated rings. The number of rotatable bonds is 7. The van der Waals surface area contributed by atoms with Crippen LogP contribution in [-0.4, -0.2) is 31.8 Å². The zero-order chi connectivity index (χ0) is 25.1. The van der Waals surface area contributed by atoms with Crippen LogP contribution in [0.25, 0.3) is 10.9 Å². The van der Waals surface area contributed by atoms with Crippen molar-refractivity contribution in [2.45, 2.75) is 19.7 Å². The van der Waals surface area contributed by atoms with E-state index in [1.165, 1.54) is 23.0 Å². The van der Waals surface area contributed by atoms with Crippen LogP contribution in [-0.2, 0) is 18.3 Å². The van der Waals surface area contributed by atoms with Crippen LogP contribution >= 0.6 is 23.2 Å². The Morgan fingerprint density at radius 3 is 2.57 bits per heavy atom. The summed E-state index contributed by atoms with van der Waals surface area (Å²) in [5.41, 5.74) is 0.887. The highest BCUT2D eigenvalue weighted by atomic mass is 35.5. The molecule has 0 aliphatic heterocycles. The molecule has 2 aromatic heterocycles. The second-order valence-corrected chi connectivity index (χ2v) is 8.51. The molecule has 35 heavy (non-hydrogen) atoms. The van der Waals surface area contributed by atoms with E-state index in [0.29, 0.717) is 33.3 Å². The number of hydrogen-bond acceptors (Lipinski definition) is 6. The van der Waals surface area contributed by atoms with Crippen LogP contribution in [0.4, 0.5) is 0 Å². The number of fused-ring (bicyclic) bond motifs is 1. The van der Waals surface area contributed by atoms with E-state index in [4.69, 9.17) is 27.9 Å². The highest BCUT2D eigenvalue weighted by Crippen LogP contribution is 2.23. The summed E-state index contributed by atoms with van der Waals surface area (Å²) in [7, 11) is 1.57. The van der Waals surface area contributed by atoms with Gasteiger partial charge in [-0.3, -0.25) is 18.7 Å². The maximum absolute atomic E-state index is 13.3. The average Bonchev–Trinajstić information content (AvgIpc) is 2.87. The highest BCUT2D eigenvalue weighted by molar-refractivity contribution is 6.42. The van der Waals surface area contributed by atoms with Crippen molar-refractivity contribution in [3.8, 4) is 0 Å². The number of aryl methyl sites for hydroxylation is 1. The van der Waals surface area contributed by atoms with Crippen LogP contribution in [0.3, 0.4) is 0 Å². The molecular weight excluding hydrogens is 493 g/mol. The summed E-state index contributed by atoms with van der Waals surface area (Å²) in [4.78, 5) is 39.2. The van der Waals surface area contributed by atoms with E-state index in [1.807, 2.05) is 0 Å². The topological polar surface area (TPSA) is 108 Å². The fourth-order valence-corrected chi connectivity index (χ4v) is 3.98. The summed E-state index contributed by atoms with van der Waals surface area (Å²) in [6, 6.07) is 11.2. The largest absolute Gasteiger partial charge is 0.354 e. The van der Waals surface area contributed by atoms with Crippen molar-refractivity contribution in [2.24, 2.45) is 7.05 Å². The molecule has 1 amide bonds. The van der Waals surface area contributed by atoms with Crippen molar-refractivity contribution < 1.29 is 9.53 Å². The monoisotopic (exact) mass is 513 g/mol. The molecule has 0 aliphatic carbocycles. The maximum Gasteiger partial charge on any atom is 0.331 e. The number of amides is 1. The van der Waals surface area contributed by atoms with Crippen molar-refractivity contribution in [1.29, 1.82) is 0 Å². The van der Waals surface area contributed by atoms with Gasteiger partial charge in [-0.05, 0) is 48.9 Å². The number of carbonyl (C=O) groups is 1. The molecule has 0 radical (unpaired) electrons. The minimum absolute atomic E-state index is 0.00375. The minimum atomic E-state index is -0.745. The standard InChI is InChI=1S/C24H21Cl2N5O4/c1-3-35-22(16-8-9-27-28-12-16)29-21(32)15-5-7-20-17(11-15)23(33)31(24(34)30(20)2)13-14-4-6-18(25)19(26)10-14/h4-12,22H,3,13H2,1-2H3,(H,29,32). The van der Waals surface area contributed by atoms with Crippen molar-refractivity contribution >= 4 is 40.0 Å². The molecule has 0 aliphatic rings. The zero-order valence-corrected chi connectivity index (χ0v) is 20.4. The van der Waals surface area contributed by atoms with Crippen LogP contribution < -0.4 is 16.6 Å². The van der Waals surface area contributed by atoms with Crippen LogP contribution in [0.15, 0.2) is 64.4 Å². The van der Waals surface area contributed by atoms with Crippen molar-refractivity contribution in [1.82, 2.24) is 24.6 Å². The van der Waals surface area contributed by atoms with Gasteiger partial charge in [0.1, 0.15) is 0 Å². The number of nitrogens with one attached hydrogen (secondary N) is 1. The fourth-order valence-electron chi connectivity index (χ4n) is 3.66. The summed E-state index contributed by atoms with van der Waals surface area (Å²) in [5, 5.41) is 11.3. The predicted molar refractivity (Wildman–Crippen MR) is 133 cm³/mol. The molecule has 0 bridgehead atoms. The summed E-state index contributed by atoms with van der Waals surface area (Å²) < 4.78 is 8.09. The molecule has 4 aromatic rings. The van der Waals surface area contributed by atoms with Gasteiger partial charge in [0.2, 0.25) is 0 Å². The Bertz CT molecular complexity index is 1520. The number of carbonyl (C=O) groups excluding carboxylic acids is 1. The number of nitrogens with zero attached hydrogens (tertiary/aromatic N) is 4. The lowest BCUT2D eigenvalue weighted by atomic mass is 10.1. The molecule has 11 heteroatoms. The van der Waals surface area contributed by atoms with Crippen molar-refractivity contribution in [3.63, 3.8) is 0 Å². The predicted octanol–water partition coefficient (Wildman–Crippen LogP) is 3.31. The second-order valence-electron chi connectivity index (χ2n) is 7.70. The third-order valence-electron chi connectivity index (χ3n) is 5.44. The van der Waals surface area contributed by atoms with E-state index in [9.17, 15) is 14.4 Å². The van der Waals surface area contributed by atoms with E-state index in [0.717, 1.165) is 4.57 Å². The molecular formula is C24H21Cl2N5O4. The minimum Gasteiger partial charge on any atom is -0.354 e. The third kappa shape index (κ3) is 5.12. The van der Waals surface area contributed by atoms with Gasteiger partial charge in [0, 0.05) is 24.8 Å². The lowest BCUT2D eigenvalue weighted by Crippen LogP contribution is -2.39. The van der Waals surface area contributed by atoms with Crippen molar-refractivity contribution in [2.75, 3.05) is 6.61 Å². The number of aromatic nitrogens is 4. The van der Waals surface area contributed by atoms with Gasteiger partial charge in [0.15, 0.2) is 6.23 Å². The summed E-state index contributed by atoms with van der Waals surface area (Å²) >= 11 is 12.1. The van der Waals surface area contributed by atoms with Gasteiger partial charge in [0.25, 0.3) is 11.5 Å². The Kier molecular flexibility index (Phi) is 7.30. The van der Waals surface area contributed by atoms with Gasteiger partial charge >= 0.3 is 5.69 Å². The first-order valence-electron chi connectivity index (χ1n) is 10.7. The van der Waals surface area contributed by atoms with E-state index >= 15 is 0 Å². The normalized spacial score (nSPS) is 12.0. The molecule has 1 unspecified atom stereocenters. The Morgan fingerprint density at radius 2 is 1.89 bits per heavy atom. The number of benzene rings is 2. The molecule has 180 valence electrons. The maximum atomic E-state index is 13.3. The van der Waals surface area contributed by atoms with Gasteiger partial charge in [0.05, 0.1) is 39.9 Å². The summed E-state index contributed by atoms with van der Waals surface area (Å²) in [6.45, 7) is 2.16. The Hall–Kier alpha value is -3.53. The number of halogens is 2. The molecule has 0 saturated carbocycles. The van der Waals surface area contributed by atoms with Crippen molar-refractivity contribution in [3.05, 3.63) is 102 Å². The van der Waals surface area contributed by atoms with Crippen LogP contribution in [0.1, 0.15) is 34.6 Å². The van der Waals surface area contributed by atoms with Crippen LogP contribution in [0, 0.1) is 0 Å². The molecule has 4 rings (SSSR count). The molecule has 2 heterocycles. The molecule has 1 N–H and O–H groups in total. The third-order valence-corrected chi connectivity index (χ3v) is 6.18. The summed E-state index contributed by atoms with van der Waals surface area (Å²) in [5.74, 6) is -0.452. The quantitative estimate of drug-likeness (QED) is 0.379. The molecule has 1 atom stereocenters. The second kappa shape index (κ2) is 10.4. The van der Waals surface area contributed by atoms with E-state index < -0.39 is 23.4 Å². The lowest BCUT2D eigenvalue weighted by Gasteiger charge is -2.19. The molecule has 9 nitrogen and oxygen atoms in total. The molecule has 2 aromatic carbocycles. The molecule has 0 spiro atoms. The van der Waals surface area contributed by atoms with E-state index in [-0.39, 0.29) is 17.5 Å². The van der Waals surface area contributed by atoms with Gasteiger partial charge in [-0.1, -0.05) is 29.3 Å². The first kappa shape index (κ1) is 24.6. The van der Waals surface area contributed by atoms with Gasteiger partial charge in [-0.15, -0.1) is 0 Å². The molecule has 0 saturated heterocycles. The lowest BCUT2D eigenvalue weighted by molar-refractivity contribution is 0.0334. The Balaban J connectivity index is 1.72. The van der Waals surface area contributed by atoms with Crippen LogP contribution in [0.5, 0.6) is 0 Å². The zero-order valence-electron chi connectivity index (χ0n) is 18.9.